The highest BCUT2D eigenvalue weighted by Gasteiger charge is 2.32. The predicted octanol–water partition coefficient (Wildman–Crippen LogP) is 3.88. The molecule has 0 aliphatic carbocycles. The van der Waals surface area contributed by atoms with Crippen LogP contribution in [0, 0.1) is 5.92 Å². The molecule has 0 saturated carbocycles. The van der Waals surface area contributed by atoms with E-state index in [0.717, 1.165) is 50.6 Å². The van der Waals surface area contributed by atoms with Gasteiger partial charge in [-0.1, -0.05) is 30.7 Å². The average Bonchev–Trinajstić information content (AvgIpc) is 3.05. The van der Waals surface area contributed by atoms with Crippen molar-refractivity contribution >= 4 is 11.6 Å². The Hall–Kier alpha value is -0.610. The van der Waals surface area contributed by atoms with Gasteiger partial charge in [0.15, 0.2) is 6.29 Å². The lowest BCUT2D eigenvalue weighted by Gasteiger charge is -2.38. The Morgan fingerprint density at radius 2 is 1.76 bits per heavy atom. The Labute approximate surface area is 132 Å². The van der Waals surface area contributed by atoms with E-state index in [1.54, 1.807) is 0 Å². The summed E-state index contributed by atoms with van der Waals surface area (Å²) in [6.07, 6.45) is 3.49. The van der Waals surface area contributed by atoms with Crippen molar-refractivity contribution in [1.82, 2.24) is 4.90 Å². The molecule has 0 aromatic heterocycles. The van der Waals surface area contributed by atoms with Crippen molar-refractivity contribution in [2.45, 2.75) is 38.5 Å². The third kappa shape index (κ3) is 3.59. The molecule has 0 radical (unpaired) electrons. The lowest BCUT2D eigenvalue weighted by molar-refractivity contribution is -0.0997. The van der Waals surface area contributed by atoms with Gasteiger partial charge in [0.05, 0.1) is 13.2 Å². The number of likely N-dealkylation sites (tertiary alicyclic amines) is 1. The Morgan fingerprint density at radius 1 is 1.14 bits per heavy atom. The fraction of sp³-hybridized carbons (Fsp3) is 0.647. The zero-order chi connectivity index (χ0) is 14.7. The van der Waals surface area contributed by atoms with E-state index in [1.165, 1.54) is 5.56 Å². The van der Waals surface area contributed by atoms with Crippen LogP contribution in [0.3, 0.4) is 0 Å². The lowest BCUT2D eigenvalue weighted by atomic mass is 9.93. The number of benzene rings is 1. The molecule has 2 aliphatic rings. The molecule has 0 N–H and O–H groups in total. The number of halogens is 1. The van der Waals surface area contributed by atoms with Gasteiger partial charge in [0, 0.05) is 17.0 Å². The topological polar surface area (TPSA) is 21.7 Å². The molecule has 2 saturated heterocycles. The van der Waals surface area contributed by atoms with Crippen LogP contribution in [0.2, 0.25) is 5.02 Å². The fourth-order valence-corrected chi connectivity index (χ4v) is 3.67. The van der Waals surface area contributed by atoms with E-state index in [-0.39, 0.29) is 6.29 Å². The standard InChI is InChI=1S/C17H24ClNO2/c1-2-16(13-3-5-15(18)6-4-13)19-9-7-14(8-10-19)17-20-11-12-21-17/h3-6,14,16-17H,2,7-12H2,1H3. The van der Waals surface area contributed by atoms with Crippen molar-refractivity contribution in [3.05, 3.63) is 34.9 Å². The van der Waals surface area contributed by atoms with Crippen LogP contribution in [0.25, 0.3) is 0 Å². The summed E-state index contributed by atoms with van der Waals surface area (Å²) in [7, 11) is 0. The van der Waals surface area contributed by atoms with Gasteiger partial charge in [0.2, 0.25) is 0 Å². The van der Waals surface area contributed by atoms with Crippen LogP contribution in [-0.2, 0) is 9.47 Å². The smallest absolute Gasteiger partial charge is 0.160 e. The highest BCUT2D eigenvalue weighted by atomic mass is 35.5. The largest absolute Gasteiger partial charge is 0.350 e. The molecular weight excluding hydrogens is 286 g/mol. The van der Waals surface area contributed by atoms with Crippen molar-refractivity contribution < 1.29 is 9.47 Å². The molecular formula is C17H24ClNO2. The highest BCUT2D eigenvalue weighted by molar-refractivity contribution is 6.30. The monoisotopic (exact) mass is 309 g/mol. The minimum Gasteiger partial charge on any atom is -0.350 e. The van der Waals surface area contributed by atoms with Gasteiger partial charge in [-0.25, -0.2) is 0 Å². The van der Waals surface area contributed by atoms with Crippen LogP contribution in [0.15, 0.2) is 24.3 Å². The summed E-state index contributed by atoms with van der Waals surface area (Å²) < 4.78 is 11.3. The van der Waals surface area contributed by atoms with Gasteiger partial charge in [-0.2, -0.15) is 0 Å². The second-order valence-electron chi connectivity index (χ2n) is 5.96. The second-order valence-corrected chi connectivity index (χ2v) is 6.40. The number of hydrogen-bond acceptors (Lipinski definition) is 3. The number of hydrogen-bond donors (Lipinski definition) is 0. The molecule has 1 unspecified atom stereocenters. The molecule has 21 heavy (non-hydrogen) atoms. The molecule has 0 spiro atoms. The van der Waals surface area contributed by atoms with Crippen molar-refractivity contribution in [3.8, 4) is 0 Å². The third-order valence-electron chi connectivity index (χ3n) is 4.69. The van der Waals surface area contributed by atoms with Crippen LogP contribution in [0.5, 0.6) is 0 Å². The van der Waals surface area contributed by atoms with Crippen LogP contribution in [0.1, 0.15) is 37.8 Å². The van der Waals surface area contributed by atoms with E-state index in [9.17, 15) is 0 Å². The van der Waals surface area contributed by atoms with Crippen molar-refractivity contribution in [2.75, 3.05) is 26.3 Å². The molecule has 1 atom stereocenters. The van der Waals surface area contributed by atoms with Gasteiger partial charge >= 0.3 is 0 Å². The first-order valence-electron chi connectivity index (χ1n) is 8.00. The van der Waals surface area contributed by atoms with E-state index >= 15 is 0 Å². The molecule has 4 heteroatoms. The van der Waals surface area contributed by atoms with E-state index in [1.807, 2.05) is 12.1 Å². The first kappa shape index (κ1) is 15.3. The summed E-state index contributed by atoms with van der Waals surface area (Å²) in [6.45, 7) is 6.01. The summed E-state index contributed by atoms with van der Waals surface area (Å²) in [6, 6.07) is 8.80. The molecule has 116 valence electrons. The van der Waals surface area contributed by atoms with Gasteiger partial charge in [-0.15, -0.1) is 0 Å². The maximum atomic E-state index is 6.00. The maximum absolute atomic E-state index is 6.00. The number of ether oxygens (including phenoxy) is 2. The maximum Gasteiger partial charge on any atom is 0.160 e. The van der Waals surface area contributed by atoms with E-state index in [2.05, 4.69) is 24.0 Å². The van der Waals surface area contributed by atoms with E-state index in [0.29, 0.717) is 12.0 Å². The normalized spacial score (nSPS) is 23.5. The Kier molecular flexibility index (Phi) is 5.17. The molecule has 3 rings (SSSR count). The summed E-state index contributed by atoms with van der Waals surface area (Å²) in [5, 5.41) is 0.808. The zero-order valence-electron chi connectivity index (χ0n) is 12.6. The van der Waals surface area contributed by atoms with E-state index in [4.69, 9.17) is 21.1 Å². The zero-order valence-corrected chi connectivity index (χ0v) is 13.4. The molecule has 0 bridgehead atoms. The molecule has 2 fully saturated rings. The van der Waals surface area contributed by atoms with Gasteiger partial charge in [0.25, 0.3) is 0 Å². The number of piperidine rings is 1. The number of nitrogens with zero attached hydrogens (tertiary/aromatic N) is 1. The molecule has 2 heterocycles. The summed E-state index contributed by atoms with van der Waals surface area (Å²) in [4.78, 5) is 2.59. The summed E-state index contributed by atoms with van der Waals surface area (Å²) in [5.74, 6) is 0.562. The van der Waals surface area contributed by atoms with Gasteiger partial charge in [0.1, 0.15) is 0 Å². The predicted molar refractivity (Wildman–Crippen MR) is 84.5 cm³/mol. The highest BCUT2D eigenvalue weighted by Crippen LogP contribution is 2.32. The molecule has 1 aromatic carbocycles. The quantitative estimate of drug-likeness (QED) is 0.842. The number of rotatable bonds is 4. The first-order chi connectivity index (χ1) is 10.3. The molecule has 3 nitrogen and oxygen atoms in total. The molecule has 0 amide bonds. The van der Waals surface area contributed by atoms with Crippen LogP contribution < -0.4 is 0 Å². The Morgan fingerprint density at radius 3 is 2.33 bits per heavy atom. The second kappa shape index (κ2) is 7.10. The third-order valence-corrected chi connectivity index (χ3v) is 4.94. The first-order valence-corrected chi connectivity index (χ1v) is 8.38. The molecule has 2 aliphatic heterocycles. The SMILES string of the molecule is CCC(c1ccc(Cl)cc1)N1CCC(C2OCCO2)CC1. The van der Waals surface area contributed by atoms with Crippen LogP contribution in [0.4, 0.5) is 0 Å². The Balaban J connectivity index is 1.60. The minimum atomic E-state index is 0.0442. The van der Waals surface area contributed by atoms with Crippen LogP contribution >= 0.6 is 11.6 Å². The average molecular weight is 310 g/mol. The van der Waals surface area contributed by atoms with Gasteiger partial charge in [-0.3, -0.25) is 4.90 Å². The van der Waals surface area contributed by atoms with Crippen LogP contribution in [-0.4, -0.2) is 37.5 Å². The van der Waals surface area contributed by atoms with Crippen molar-refractivity contribution in [1.29, 1.82) is 0 Å². The summed E-state index contributed by atoms with van der Waals surface area (Å²) in [5.41, 5.74) is 1.37. The van der Waals surface area contributed by atoms with Gasteiger partial charge in [-0.05, 0) is 50.0 Å². The fourth-order valence-electron chi connectivity index (χ4n) is 3.54. The van der Waals surface area contributed by atoms with E-state index < -0.39 is 0 Å². The molecule has 1 aromatic rings. The summed E-state index contributed by atoms with van der Waals surface area (Å²) >= 11 is 6.00. The lowest BCUT2D eigenvalue weighted by Crippen LogP contribution is -2.40. The minimum absolute atomic E-state index is 0.0442. The Bertz CT molecular complexity index is 437. The van der Waals surface area contributed by atoms with Crippen molar-refractivity contribution in [3.63, 3.8) is 0 Å². The van der Waals surface area contributed by atoms with Crippen molar-refractivity contribution in [2.24, 2.45) is 5.92 Å². The van der Waals surface area contributed by atoms with Gasteiger partial charge < -0.3 is 9.47 Å².